The number of H-pyrrole nitrogens is 1. The number of hydrazine groups is 1. The van der Waals surface area contributed by atoms with Gasteiger partial charge in [-0.3, -0.25) is 44.2 Å². The first kappa shape index (κ1) is 64.6. The molecule has 11 N–H and O–H groups in total. The number of guanidine groups is 1. The maximum Gasteiger partial charge on any atom is 0.426 e. The molecule has 2 saturated heterocycles. The van der Waals surface area contributed by atoms with Crippen molar-refractivity contribution in [3.63, 3.8) is 0 Å². The summed E-state index contributed by atoms with van der Waals surface area (Å²) in [5, 5.41) is 32.3. The Labute approximate surface area is 512 Å². The molecule has 5 aliphatic heterocycles. The van der Waals surface area contributed by atoms with Crippen molar-refractivity contribution in [3.05, 3.63) is 70.9 Å². The summed E-state index contributed by atoms with van der Waals surface area (Å²) < 4.78 is 18.0. The number of nitrogens with two attached hydrogens (primary N) is 2. The van der Waals surface area contributed by atoms with Gasteiger partial charge in [0.25, 0.3) is 12.4 Å². The highest BCUT2D eigenvalue weighted by Crippen LogP contribution is 2.67. The van der Waals surface area contributed by atoms with E-state index < -0.39 is 63.5 Å². The molecule has 86 heavy (non-hydrogen) atoms. The third-order valence-electron chi connectivity index (χ3n) is 19.5. The minimum atomic E-state index is -2.06. The van der Waals surface area contributed by atoms with E-state index in [1.54, 1.807) is 28.0 Å². The molecule has 6 aliphatic rings. The van der Waals surface area contributed by atoms with E-state index in [9.17, 15) is 39.0 Å². The summed E-state index contributed by atoms with van der Waals surface area (Å²) in [6.07, 6.45) is 8.35. The molecular weight excluding hydrogens is 1140 g/mol. The fourth-order valence-electron chi connectivity index (χ4n) is 15.9. The molecule has 9 rings (SSSR count). The standard InChI is InChI=1S/C62H89N11O11S2/c1-8-59(80)31-40-32-60(36-83-37-74,51-42(18-23-72(33-40)35-59)41-14-9-10-15-45(41)68-51)44-29-43-47(30-50(44)82-7)71(6)54-61(43)20-24-73-22-13-19-58(4,53(61)73)34-62(54,81)55(78)69-70-57(79)84-25-27-86-85-26-12-17-48(75)39(3)67-52(77)38(2)28-49(76)46(65-5)16-11-21-66-56(63)64/h9-10,13-15,19,29-30,37-40,46,53-54,65,68,80-81H,8,11-12,16-18,20-28,31-36H2,1-7H3,(H,67,77)(H,69,78)(H,70,79)(H4,63,64,66)/t38-,39+,40-,46+,53+,54-,58+,59?,60+,61-,62-/m1/s1. The lowest BCUT2D eigenvalue weighted by Gasteiger charge is -2.60. The summed E-state index contributed by atoms with van der Waals surface area (Å²) in [6, 6.07) is 10.4. The molecule has 470 valence electrons. The predicted octanol–water partition coefficient (Wildman–Crippen LogP) is 4.12. The second-order valence-corrected chi connectivity index (χ2v) is 27.9. The van der Waals surface area contributed by atoms with E-state index in [4.69, 9.17) is 25.7 Å². The summed E-state index contributed by atoms with van der Waals surface area (Å²) in [6.45, 7) is 11.8. The number of piperidine rings is 1. The zero-order valence-electron chi connectivity index (χ0n) is 50.8. The SMILES string of the molecule is CCC1(O)C[C@H]2CN(CCc3c([nH]c4ccccc34)[C@@](COC=O)(c3cc4c(cc3OC)N(C)[C@@H]3[C@]45CCN4CC=C[C@@](C)(C[C@]3(O)C(=O)NNC(=O)OCCSSCCCC(=O)[C@H](C)NC(=O)[C@H](C)CC(=O)[C@H](CCCN=C(N)N)NC)[C@H]45)C2)C1. The van der Waals surface area contributed by atoms with Gasteiger partial charge in [0, 0.05) is 121 Å². The van der Waals surface area contributed by atoms with Crippen molar-refractivity contribution in [2.45, 2.75) is 145 Å². The molecule has 6 heterocycles. The largest absolute Gasteiger partial charge is 0.496 e. The number of fused-ring (bicyclic) bond motifs is 6. The van der Waals surface area contributed by atoms with Gasteiger partial charge >= 0.3 is 6.09 Å². The lowest BCUT2D eigenvalue weighted by atomic mass is 9.50. The van der Waals surface area contributed by atoms with Crippen LogP contribution in [-0.2, 0) is 50.7 Å². The number of hydrogen-bond donors (Lipinski definition) is 9. The number of amides is 3. The van der Waals surface area contributed by atoms with Crippen LogP contribution in [0, 0.1) is 17.3 Å². The minimum Gasteiger partial charge on any atom is -0.496 e. The van der Waals surface area contributed by atoms with Crippen molar-refractivity contribution in [1.29, 1.82) is 0 Å². The second kappa shape index (κ2) is 26.8. The molecule has 1 aliphatic carbocycles. The molecular formula is C62H89N11O11S2. The highest BCUT2D eigenvalue weighted by molar-refractivity contribution is 8.76. The fourth-order valence-corrected chi connectivity index (χ4v) is 17.8. The Morgan fingerprint density at radius 2 is 1.78 bits per heavy atom. The van der Waals surface area contributed by atoms with Gasteiger partial charge in [-0.25, -0.2) is 10.2 Å². The monoisotopic (exact) mass is 1230 g/mol. The number of rotatable bonds is 26. The van der Waals surface area contributed by atoms with Gasteiger partial charge in [-0.2, -0.15) is 0 Å². The van der Waals surface area contributed by atoms with Crippen molar-refractivity contribution in [1.82, 2.24) is 36.3 Å². The van der Waals surface area contributed by atoms with Crippen LogP contribution in [0.1, 0.15) is 114 Å². The number of nitrogens with one attached hydrogen (secondary N) is 5. The van der Waals surface area contributed by atoms with Crippen molar-refractivity contribution < 1.29 is 53.2 Å². The Morgan fingerprint density at radius 3 is 2.52 bits per heavy atom. The van der Waals surface area contributed by atoms with Crippen LogP contribution < -0.4 is 42.6 Å². The number of likely N-dealkylation sites (N-methyl/N-ethyl adjacent to an activating group) is 2. The third kappa shape index (κ3) is 12.7. The number of hydrogen-bond acceptors (Lipinski definition) is 18. The molecule has 24 heteroatoms. The number of Topliss-reactive ketones (excluding diaryl/α,β-unsaturated/α-hetero) is 2. The van der Waals surface area contributed by atoms with Gasteiger partial charge in [-0.1, -0.05) is 72.7 Å². The predicted molar refractivity (Wildman–Crippen MR) is 334 cm³/mol. The number of ether oxygens (including phenoxy) is 3. The van der Waals surface area contributed by atoms with Crippen molar-refractivity contribution in [2.75, 3.05) is 90.1 Å². The minimum absolute atomic E-state index is 0.00420. The number of aromatic nitrogens is 1. The lowest BCUT2D eigenvalue weighted by molar-refractivity contribution is -0.159. The Balaban J connectivity index is 0.855. The average molecular weight is 1230 g/mol. The summed E-state index contributed by atoms with van der Waals surface area (Å²) in [5.41, 5.74) is 15.8. The van der Waals surface area contributed by atoms with Gasteiger partial charge in [0.15, 0.2) is 23.1 Å². The van der Waals surface area contributed by atoms with Crippen LogP contribution in [0.5, 0.6) is 5.75 Å². The summed E-state index contributed by atoms with van der Waals surface area (Å²) in [4.78, 5) is 94.2. The lowest BCUT2D eigenvalue weighted by Crippen LogP contribution is -2.76. The Kier molecular flexibility index (Phi) is 20.2. The van der Waals surface area contributed by atoms with Crippen LogP contribution >= 0.6 is 21.6 Å². The molecule has 2 unspecified atom stereocenters. The van der Waals surface area contributed by atoms with Gasteiger partial charge in [-0.15, -0.1) is 0 Å². The van der Waals surface area contributed by atoms with Crippen LogP contribution in [0.3, 0.4) is 0 Å². The highest BCUT2D eigenvalue weighted by Gasteiger charge is 2.74. The Bertz CT molecular complexity index is 3070. The number of para-hydroxylation sites is 1. The van der Waals surface area contributed by atoms with Crippen molar-refractivity contribution in [3.8, 4) is 5.75 Å². The summed E-state index contributed by atoms with van der Waals surface area (Å²) in [7, 11) is 8.22. The molecule has 12 atom stereocenters. The van der Waals surface area contributed by atoms with Crippen molar-refractivity contribution in [2.24, 2.45) is 33.7 Å². The number of aromatic amines is 1. The number of aliphatic imine (C=N–C) groups is 1. The topological polar surface area (TPSA) is 309 Å². The second-order valence-electron chi connectivity index (χ2n) is 25.2. The number of methoxy groups -OCH3 is 1. The van der Waals surface area contributed by atoms with Crippen LogP contribution in [0.15, 0.2) is 53.5 Å². The van der Waals surface area contributed by atoms with Gasteiger partial charge < -0.3 is 56.4 Å². The maximum atomic E-state index is 15.0. The molecule has 3 aromatic rings. The van der Waals surface area contributed by atoms with Gasteiger partial charge in [0.05, 0.1) is 36.3 Å². The zero-order valence-corrected chi connectivity index (χ0v) is 52.5. The van der Waals surface area contributed by atoms with Crippen molar-refractivity contribution >= 4 is 80.1 Å². The fraction of sp³-hybridized carbons (Fsp3) is 0.629. The van der Waals surface area contributed by atoms with Gasteiger partial charge in [0.1, 0.15) is 19.0 Å². The summed E-state index contributed by atoms with van der Waals surface area (Å²) in [5.74, 6) is -0.393. The number of benzene rings is 2. The first-order valence-corrected chi connectivity index (χ1v) is 32.9. The van der Waals surface area contributed by atoms with E-state index in [0.29, 0.717) is 101 Å². The normalized spacial score (nSPS) is 29.1. The molecule has 3 fully saturated rings. The van der Waals surface area contributed by atoms with Crippen LogP contribution in [0.25, 0.3) is 10.9 Å². The quantitative estimate of drug-likeness (QED) is 0.0104. The van der Waals surface area contributed by atoms with Gasteiger partial charge in [0.2, 0.25) is 5.91 Å². The maximum absolute atomic E-state index is 15.0. The van der Waals surface area contributed by atoms with Crippen LogP contribution in [0.2, 0.25) is 0 Å². The van der Waals surface area contributed by atoms with Gasteiger partial charge in [-0.05, 0) is 107 Å². The number of anilines is 1. The summed E-state index contributed by atoms with van der Waals surface area (Å²) >= 11 is 0. The van der Waals surface area contributed by atoms with E-state index in [-0.39, 0.29) is 67.9 Å². The molecule has 1 saturated carbocycles. The first-order chi connectivity index (χ1) is 41.1. The molecule has 1 aromatic heterocycles. The third-order valence-corrected chi connectivity index (χ3v) is 21.9. The Hall–Kier alpha value is -5.89. The molecule has 2 aromatic carbocycles. The molecule has 22 nitrogen and oxygen atoms in total. The van der Waals surface area contributed by atoms with E-state index in [1.807, 2.05) is 37.1 Å². The number of ketones is 2. The molecule has 1 spiro atoms. The van der Waals surface area contributed by atoms with E-state index >= 15 is 0 Å². The highest BCUT2D eigenvalue weighted by atomic mass is 33.1. The van der Waals surface area contributed by atoms with Crippen LogP contribution in [0.4, 0.5) is 10.5 Å². The average Bonchev–Trinajstić information content (AvgIpc) is 1.45. The number of carbonyl (C=O) groups excluding carboxylic acids is 6. The number of nitrogens with zero attached hydrogens (tertiary/aromatic N) is 4. The molecule has 3 amide bonds. The van der Waals surface area contributed by atoms with E-state index in [1.165, 1.54) is 21.6 Å². The van der Waals surface area contributed by atoms with Crippen LogP contribution in [-0.4, -0.2) is 187 Å². The smallest absolute Gasteiger partial charge is 0.426 e. The number of carbonyl (C=O) groups is 6. The zero-order chi connectivity index (χ0) is 61.8. The number of aliphatic hydroxyl groups is 2. The molecule has 0 radical (unpaired) electrons. The Morgan fingerprint density at radius 1 is 1.00 bits per heavy atom. The van der Waals surface area contributed by atoms with E-state index in [2.05, 4.69) is 78.5 Å². The first-order valence-electron chi connectivity index (χ1n) is 30.4. The molecule has 2 bridgehead atoms. The van der Waals surface area contributed by atoms with E-state index in [0.717, 1.165) is 52.1 Å².